The lowest BCUT2D eigenvalue weighted by molar-refractivity contribution is -0.453. The number of ether oxygens (including phenoxy) is 1. The fraction of sp³-hybridized carbons (Fsp3) is 0.192. The van der Waals surface area contributed by atoms with Crippen LogP contribution in [0.25, 0.3) is 5.76 Å². The van der Waals surface area contributed by atoms with Crippen molar-refractivity contribution in [1.29, 1.82) is 0 Å². The molecular formula is C26H22O4. The maximum atomic E-state index is 13.1. The minimum atomic E-state index is -0.963. The third kappa shape index (κ3) is 2.88. The molecule has 0 aliphatic carbocycles. The molecule has 30 heavy (non-hydrogen) atoms. The summed E-state index contributed by atoms with van der Waals surface area (Å²) >= 11 is 0. The van der Waals surface area contributed by atoms with E-state index in [0.29, 0.717) is 12.2 Å². The summed E-state index contributed by atoms with van der Waals surface area (Å²) in [7, 11) is 0. The van der Waals surface area contributed by atoms with Gasteiger partial charge in [0.1, 0.15) is 17.0 Å². The molecule has 0 bridgehead atoms. The second-order valence-corrected chi connectivity index (χ2v) is 7.84. The summed E-state index contributed by atoms with van der Waals surface area (Å²) in [5.41, 5.74) is 0.862. The normalized spacial score (nSPS) is 24.4. The average Bonchev–Trinajstić information content (AvgIpc) is 3.21. The maximum absolute atomic E-state index is 13.1. The van der Waals surface area contributed by atoms with Crippen LogP contribution < -0.4 is 0 Å². The van der Waals surface area contributed by atoms with Crippen LogP contribution in [0.1, 0.15) is 30.0 Å². The molecule has 0 aromatic heterocycles. The Balaban J connectivity index is 1.66. The number of benzene rings is 3. The van der Waals surface area contributed by atoms with Gasteiger partial charge in [0.05, 0.1) is 0 Å². The van der Waals surface area contributed by atoms with Crippen LogP contribution >= 0.6 is 0 Å². The van der Waals surface area contributed by atoms with Gasteiger partial charge in [-0.05, 0) is 24.1 Å². The molecule has 2 unspecified atom stereocenters. The molecule has 5 rings (SSSR count). The van der Waals surface area contributed by atoms with Crippen LogP contribution in [0.3, 0.4) is 0 Å². The summed E-state index contributed by atoms with van der Waals surface area (Å²) in [6.07, 6.45) is 1.47. The number of rotatable bonds is 4. The zero-order valence-electron chi connectivity index (χ0n) is 16.7. The number of hydrogen-bond donors (Lipinski definition) is 0. The molecule has 2 aliphatic rings. The van der Waals surface area contributed by atoms with Gasteiger partial charge < -0.3 is 4.74 Å². The number of ketones is 1. The Morgan fingerprint density at radius 2 is 1.37 bits per heavy atom. The Morgan fingerprint density at radius 1 is 0.833 bits per heavy atom. The van der Waals surface area contributed by atoms with Crippen LogP contribution in [0.4, 0.5) is 0 Å². The molecule has 3 aromatic carbocycles. The van der Waals surface area contributed by atoms with Gasteiger partial charge in [-0.25, -0.2) is 4.89 Å². The van der Waals surface area contributed by atoms with Crippen molar-refractivity contribution in [2.75, 3.05) is 0 Å². The van der Waals surface area contributed by atoms with Gasteiger partial charge in [0.15, 0.2) is 5.60 Å². The zero-order chi connectivity index (χ0) is 20.6. The van der Waals surface area contributed by atoms with Gasteiger partial charge in [-0.2, -0.15) is 4.89 Å². The van der Waals surface area contributed by atoms with Crippen LogP contribution in [0.2, 0.25) is 0 Å². The van der Waals surface area contributed by atoms with Crippen molar-refractivity contribution in [2.45, 2.75) is 25.2 Å². The third-order valence-corrected chi connectivity index (χ3v) is 6.06. The molecule has 150 valence electrons. The molecule has 0 N–H and O–H groups in total. The van der Waals surface area contributed by atoms with Crippen molar-refractivity contribution in [2.24, 2.45) is 5.41 Å². The standard InChI is InChI=1S/C26H22O4/c1-19(27)25-17-23(20-11-5-2-6-12-20)28-24(25)29-30-26(18-25,21-13-7-3-8-14-21)22-15-9-4-10-16-22/h2-17,24H,18H2,1H3. The summed E-state index contributed by atoms with van der Waals surface area (Å²) in [5.74, 6) is 0.620. The monoisotopic (exact) mass is 398 g/mol. The molecule has 0 amide bonds. The quantitative estimate of drug-likeness (QED) is 0.563. The molecule has 0 radical (unpaired) electrons. The van der Waals surface area contributed by atoms with Crippen molar-refractivity contribution >= 4 is 11.5 Å². The zero-order valence-corrected chi connectivity index (χ0v) is 16.7. The summed E-state index contributed by atoms with van der Waals surface area (Å²) in [6, 6.07) is 29.5. The lowest BCUT2D eigenvalue weighted by Crippen LogP contribution is -2.52. The van der Waals surface area contributed by atoms with Gasteiger partial charge in [-0.1, -0.05) is 91.0 Å². The number of hydrogen-bond acceptors (Lipinski definition) is 4. The SMILES string of the molecule is CC(=O)C12C=C(c3ccccc3)OC1OOC(c1ccccc1)(c1ccccc1)C2. The number of carbonyl (C=O) groups is 1. The van der Waals surface area contributed by atoms with Crippen molar-refractivity contribution in [3.8, 4) is 0 Å². The summed E-state index contributed by atoms with van der Waals surface area (Å²) in [6.45, 7) is 1.59. The highest BCUT2D eigenvalue weighted by Gasteiger charge is 2.60. The van der Waals surface area contributed by atoms with E-state index < -0.39 is 17.3 Å². The minimum Gasteiger partial charge on any atom is -0.460 e. The summed E-state index contributed by atoms with van der Waals surface area (Å²) < 4.78 is 6.07. The van der Waals surface area contributed by atoms with Crippen molar-refractivity contribution < 1.29 is 19.3 Å². The van der Waals surface area contributed by atoms with E-state index in [0.717, 1.165) is 16.7 Å². The molecule has 1 fully saturated rings. The highest BCUT2D eigenvalue weighted by molar-refractivity contribution is 5.88. The fourth-order valence-electron chi connectivity index (χ4n) is 4.39. The van der Waals surface area contributed by atoms with Crippen molar-refractivity contribution in [3.05, 3.63) is 114 Å². The molecule has 3 aromatic rings. The van der Waals surface area contributed by atoms with Crippen molar-refractivity contribution in [3.63, 3.8) is 0 Å². The molecule has 0 saturated carbocycles. The lowest BCUT2D eigenvalue weighted by atomic mass is 9.69. The fourth-order valence-corrected chi connectivity index (χ4v) is 4.39. The second kappa shape index (κ2) is 7.24. The Hall–Kier alpha value is -3.21. The second-order valence-electron chi connectivity index (χ2n) is 7.84. The number of fused-ring (bicyclic) bond motifs is 1. The largest absolute Gasteiger partial charge is 0.460 e. The third-order valence-electron chi connectivity index (χ3n) is 6.06. The first-order chi connectivity index (χ1) is 14.6. The first-order valence-electron chi connectivity index (χ1n) is 10.1. The highest BCUT2D eigenvalue weighted by atomic mass is 17.2. The first-order valence-corrected chi connectivity index (χ1v) is 10.1. The smallest absolute Gasteiger partial charge is 0.247 e. The van der Waals surface area contributed by atoms with E-state index in [1.54, 1.807) is 6.92 Å². The molecule has 2 heterocycles. The Morgan fingerprint density at radius 3 is 1.90 bits per heavy atom. The van der Waals surface area contributed by atoms with Crippen LogP contribution in [-0.2, 0) is 24.9 Å². The molecular weight excluding hydrogens is 376 g/mol. The maximum Gasteiger partial charge on any atom is 0.247 e. The highest BCUT2D eigenvalue weighted by Crippen LogP contribution is 2.55. The van der Waals surface area contributed by atoms with E-state index in [2.05, 4.69) is 0 Å². The Bertz CT molecular complexity index is 1040. The van der Waals surface area contributed by atoms with Gasteiger partial charge in [0, 0.05) is 12.0 Å². The van der Waals surface area contributed by atoms with E-state index in [9.17, 15) is 4.79 Å². The van der Waals surface area contributed by atoms with Gasteiger partial charge in [-0.15, -0.1) is 0 Å². The van der Waals surface area contributed by atoms with Crippen LogP contribution in [-0.4, -0.2) is 12.1 Å². The van der Waals surface area contributed by atoms with Gasteiger partial charge in [0.2, 0.25) is 6.29 Å². The van der Waals surface area contributed by atoms with Gasteiger partial charge in [0.25, 0.3) is 0 Å². The molecule has 4 nitrogen and oxygen atoms in total. The molecule has 1 saturated heterocycles. The van der Waals surface area contributed by atoms with E-state index in [-0.39, 0.29) is 5.78 Å². The summed E-state index contributed by atoms with van der Waals surface area (Å²) in [5, 5.41) is 0. The average molecular weight is 398 g/mol. The topological polar surface area (TPSA) is 44.8 Å². The van der Waals surface area contributed by atoms with E-state index >= 15 is 0 Å². The van der Waals surface area contributed by atoms with E-state index in [4.69, 9.17) is 14.5 Å². The van der Waals surface area contributed by atoms with Crippen molar-refractivity contribution in [1.82, 2.24) is 0 Å². The number of Topliss-reactive ketones (excluding diaryl/α,β-unsaturated/α-hetero) is 1. The molecule has 2 atom stereocenters. The first kappa shape index (κ1) is 18.8. The Kier molecular flexibility index (Phi) is 4.54. The summed E-state index contributed by atoms with van der Waals surface area (Å²) in [4.78, 5) is 25.0. The molecule has 4 heteroatoms. The van der Waals surface area contributed by atoms with Gasteiger partial charge >= 0.3 is 0 Å². The predicted molar refractivity (Wildman–Crippen MR) is 113 cm³/mol. The molecule has 2 aliphatic heterocycles. The van der Waals surface area contributed by atoms with Crippen LogP contribution in [0.15, 0.2) is 97.1 Å². The Labute approximate surface area is 175 Å². The van der Waals surface area contributed by atoms with Gasteiger partial charge in [-0.3, -0.25) is 4.79 Å². The number of carbonyl (C=O) groups excluding carboxylic acids is 1. The van der Waals surface area contributed by atoms with Crippen LogP contribution in [0, 0.1) is 5.41 Å². The van der Waals surface area contributed by atoms with Crippen LogP contribution in [0.5, 0.6) is 0 Å². The van der Waals surface area contributed by atoms with E-state index in [1.165, 1.54) is 0 Å². The molecule has 0 spiro atoms. The minimum absolute atomic E-state index is 0.0158. The van der Waals surface area contributed by atoms with E-state index in [1.807, 2.05) is 97.1 Å². The predicted octanol–water partition coefficient (Wildman–Crippen LogP) is 5.25. The lowest BCUT2D eigenvalue weighted by Gasteiger charge is -2.45.